The number of aliphatic carboxylic acids is 1. The number of carbonyl (C=O) groups excluding carboxylic acids is 1. The predicted molar refractivity (Wildman–Crippen MR) is 53.7 cm³/mol. The molecule has 0 aromatic carbocycles. The van der Waals surface area contributed by atoms with E-state index in [1.165, 1.54) is 6.92 Å². The first-order chi connectivity index (χ1) is 6.31. The summed E-state index contributed by atoms with van der Waals surface area (Å²) in [5, 5.41) is 7.47. The molecule has 4 nitrogen and oxygen atoms in total. The van der Waals surface area contributed by atoms with E-state index in [0.717, 1.165) is 6.08 Å². The van der Waals surface area contributed by atoms with Gasteiger partial charge in [-0.3, -0.25) is 0 Å². The highest BCUT2D eigenvalue weighted by Crippen LogP contribution is 2.02. The standard InChI is InChI=1S/C6H7ClO2.C3H4O2/c1-4(2)6(8)9-5(3)7;1-2-3(4)5/h1,3H2,2H3;2H,1H2,(H,4,5). The van der Waals surface area contributed by atoms with Gasteiger partial charge in [0.25, 0.3) is 0 Å². The second-order valence-electron chi connectivity index (χ2n) is 2.07. The molecular weight excluding hydrogens is 208 g/mol. The lowest BCUT2D eigenvalue weighted by atomic mass is 10.4. The van der Waals surface area contributed by atoms with Crippen LogP contribution in [0.25, 0.3) is 0 Å². The highest BCUT2D eigenvalue weighted by atomic mass is 35.5. The molecule has 0 aliphatic carbocycles. The number of hydrogen-bond donors (Lipinski definition) is 1. The van der Waals surface area contributed by atoms with Crippen molar-refractivity contribution in [3.63, 3.8) is 0 Å². The van der Waals surface area contributed by atoms with Crippen LogP contribution in [0, 0.1) is 0 Å². The van der Waals surface area contributed by atoms with E-state index in [4.69, 9.17) is 16.7 Å². The molecule has 0 aromatic heterocycles. The molecule has 0 saturated carbocycles. The van der Waals surface area contributed by atoms with Gasteiger partial charge in [-0.2, -0.15) is 0 Å². The van der Waals surface area contributed by atoms with Crippen LogP contribution in [-0.4, -0.2) is 17.0 Å². The number of carboxylic acid groups (broad SMARTS) is 1. The molecule has 0 rings (SSSR count). The molecule has 0 aliphatic heterocycles. The van der Waals surface area contributed by atoms with Gasteiger partial charge >= 0.3 is 11.9 Å². The van der Waals surface area contributed by atoms with Crippen molar-refractivity contribution in [1.29, 1.82) is 0 Å². The maximum absolute atomic E-state index is 10.5. The molecule has 0 saturated heterocycles. The Morgan fingerprint density at radius 2 is 1.79 bits per heavy atom. The lowest BCUT2D eigenvalue weighted by Gasteiger charge is -1.97. The van der Waals surface area contributed by atoms with Gasteiger partial charge in [0, 0.05) is 11.6 Å². The Bertz CT molecular complexity index is 268. The molecule has 78 valence electrons. The Kier molecular flexibility index (Phi) is 8.61. The van der Waals surface area contributed by atoms with Crippen LogP contribution in [-0.2, 0) is 14.3 Å². The average Bonchev–Trinajstić information content (AvgIpc) is 2.04. The fourth-order valence-electron chi connectivity index (χ4n) is 0.188. The van der Waals surface area contributed by atoms with Gasteiger partial charge in [0.15, 0.2) is 5.22 Å². The summed E-state index contributed by atoms with van der Waals surface area (Å²) in [5.74, 6) is -1.53. The van der Waals surface area contributed by atoms with Crippen LogP contribution in [0.5, 0.6) is 0 Å². The number of hydrogen-bond acceptors (Lipinski definition) is 3. The third-order valence-corrected chi connectivity index (χ3v) is 0.804. The molecule has 14 heavy (non-hydrogen) atoms. The zero-order valence-corrected chi connectivity index (χ0v) is 8.50. The van der Waals surface area contributed by atoms with Crippen LogP contribution >= 0.6 is 11.6 Å². The first-order valence-electron chi connectivity index (χ1n) is 3.38. The van der Waals surface area contributed by atoms with Gasteiger partial charge in [-0.25, -0.2) is 9.59 Å². The molecule has 0 amide bonds. The summed E-state index contributed by atoms with van der Waals surface area (Å²) in [7, 11) is 0. The molecule has 5 heteroatoms. The third-order valence-electron chi connectivity index (χ3n) is 0.727. The number of halogens is 1. The van der Waals surface area contributed by atoms with E-state index in [-0.39, 0.29) is 5.22 Å². The monoisotopic (exact) mass is 218 g/mol. The molecule has 1 N–H and O–H groups in total. The van der Waals surface area contributed by atoms with Gasteiger partial charge in [0.2, 0.25) is 0 Å². The van der Waals surface area contributed by atoms with Gasteiger partial charge in [0.1, 0.15) is 0 Å². The molecule has 0 bridgehead atoms. The van der Waals surface area contributed by atoms with Crippen LogP contribution in [0.4, 0.5) is 0 Å². The molecule has 0 unspecified atom stereocenters. The Labute approximate surface area is 87.1 Å². The van der Waals surface area contributed by atoms with Gasteiger partial charge in [0.05, 0.1) is 0 Å². The Morgan fingerprint density at radius 3 is 1.86 bits per heavy atom. The van der Waals surface area contributed by atoms with Crippen LogP contribution in [0.2, 0.25) is 0 Å². The Balaban J connectivity index is 0. The minimum absolute atomic E-state index is 0.136. The lowest BCUT2D eigenvalue weighted by Crippen LogP contribution is -2.00. The first-order valence-corrected chi connectivity index (χ1v) is 3.76. The van der Waals surface area contributed by atoms with E-state index >= 15 is 0 Å². The van der Waals surface area contributed by atoms with E-state index in [0.29, 0.717) is 5.57 Å². The lowest BCUT2D eigenvalue weighted by molar-refractivity contribution is -0.134. The van der Waals surface area contributed by atoms with Gasteiger partial charge in [-0.1, -0.05) is 13.2 Å². The molecule has 0 radical (unpaired) electrons. The van der Waals surface area contributed by atoms with Crippen molar-refractivity contribution < 1.29 is 19.4 Å². The molecular formula is C9H11ClO4. The molecule has 0 fully saturated rings. The van der Waals surface area contributed by atoms with E-state index in [1.54, 1.807) is 0 Å². The number of carbonyl (C=O) groups is 2. The summed E-state index contributed by atoms with van der Waals surface area (Å²) in [6.45, 7) is 11.0. The Hall–Kier alpha value is -1.55. The van der Waals surface area contributed by atoms with Crippen molar-refractivity contribution in [2.75, 3.05) is 0 Å². The van der Waals surface area contributed by atoms with Crippen molar-refractivity contribution in [3.05, 3.63) is 36.6 Å². The van der Waals surface area contributed by atoms with Crippen LogP contribution in [0.15, 0.2) is 36.6 Å². The zero-order chi connectivity index (χ0) is 11.7. The van der Waals surface area contributed by atoms with Gasteiger partial charge in [-0.15, -0.1) is 0 Å². The minimum atomic E-state index is -0.981. The SMILES string of the molecule is C=C(Cl)OC(=O)C(=C)C.C=CC(=O)O. The third kappa shape index (κ3) is 13.1. The highest BCUT2D eigenvalue weighted by molar-refractivity contribution is 6.28. The van der Waals surface area contributed by atoms with E-state index in [9.17, 15) is 9.59 Å². The van der Waals surface area contributed by atoms with E-state index in [2.05, 4.69) is 24.5 Å². The molecule has 0 aromatic rings. The largest absolute Gasteiger partial charge is 0.478 e. The minimum Gasteiger partial charge on any atom is -0.478 e. The molecule has 0 aliphatic rings. The van der Waals surface area contributed by atoms with Crippen molar-refractivity contribution in [1.82, 2.24) is 0 Å². The number of rotatable bonds is 3. The van der Waals surface area contributed by atoms with Crippen molar-refractivity contribution in [3.8, 4) is 0 Å². The maximum atomic E-state index is 10.5. The number of esters is 1. The van der Waals surface area contributed by atoms with Crippen molar-refractivity contribution in [2.24, 2.45) is 0 Å². The predicted octanol–water partition coefficient (Wildman–Crippen LogP) is 2.07. The Morgan fingerprint density at radius 1 is 1.43 bits per heavy atom. The van der Waals surface area contributed by atoms with Crippen LogP contribution < -0.4 is 0 Å². The zero-order valence-electron chi connectivity index (χ0n) is 7.75. The number of carboxylic acids is 1. The first kappa shape index (κ1) is 14.9. The fraction of sp³-hybridized carbons (Fsp3) is 0.111. The average molecular weight is 219 g/mol. The maximum Gasteiger partial charge on any atom is 0.339 e. The van der Waals surface area contributed by atoms with Crippen LogP contribution in [0.3, 0.4) is 0 Å². The van der Waals surface area contributed by atoms with Crippen molar-refractivity contribution >= 4 is 23.5 Å². The summed E-state index contributed by atoms with van der Waals surface area (Å²) in [4.78, 5) is 19.7. The van der Waals surface area contributed by atoms with Gasteiger partial charge in [-0.05, 0) is 25.1 Å². The molecule has 0 atom stereocenters. The van der Waals surface area contributed by atoms with Gasteiger partial charge < -0.3 is 9.84 Å². The smallest absolute Gasteiger partial charge is 0.339 e. The highest BCUT2D eigenvalue weighted by Gasteiger charge is 2.02. The normalized spacial score (nSPS) is 7.57. The second kappa shape index (κ2) is 8.07. The summed E-state index contributed by atoms with van der Waals surface area (Å²) in [6, 6.07) is 0. The second-order valence-corrected chi connectivity index (χ2v) is 2.49. The summed E-state index contributed by atoms with van der Waals surface area (Å²) < 4.78 is 4.34. The quantitative estimate of drug-likeness (QED) is 0.448. The summed E-state index contributed by atoms with van der Waals surface area (Å²) >= 11 is 5.14. The van der Waals surface area contributed by atoms with E-state index in [1.807, 2.05) is 0 Å². The van der Waals surface area contributed by atoms with Crippen molar-refractivity contribution in [2.45, 2.75) is 6.92 Å². The number of ether oxygens (including phenoxy) is 1. The summed E-state index contributed by atoms with van der Waals surface area (Å²) in [5.41, 5.74) is 0.303. The summed E-state index contributed by atoms with van der Waals surface area (Å²) in [6.07, 6.45) is 0.833. The van der Waals surface area contributed by atoms with Crippen LogP contribution in [0.1, 0.15) is 6.92 Å². The van der Waals surface area contributed by atoms with E-state index < -0.39 is 11.9 Å². The fourth-order valence-corrected chi connectivity index (χ4v) is 0.258. The molecule has 0 spiro atoms. The topological polar surface area (TPSA) is 63.6 Å². The molecule has 0 heterocycles.